The standard InChI is InChI=1S/C23H20Cl2N6O3/c24-18-10-5-14(13-19(18)25)17(11-12-26)22(32)27-15-6-8-16(9-7-15)28-23-29-31(34)21-4-2-1-3-20(21)30(23)33/h1-10,13,17H,11-12,26H2,(H,27,32)(H,28,29). The van der Waals surface area contributed by atoms with Crippen LogP contribution in [0.1, 0.15) is 17.9 Å². The van der Waals surface area contributed by atoms with Crippen LogP contribution >= 0.6 is 23.2 Å². The molecule has 9 nitrogen and oxygen atoms in total. The quantitative estimate of drug-likeness (QED) is 0.263. The van der Waals surface area contributed by atoms with E-state index in [9.17, 15) is 15.2 Å². The van der Waals surface area contributed by atoms with E-state index in [-0.39, 0.29) is 22.9 Å². The number of rotatable bonds is 7. The number of nitrogens with zero attached hydrogens (tertiary/aromatic N) is 3. The van der Waals surface area contributed by atoms with Crippen molar-refractivity contribution in [1.82, 2.24) is 5.10 Å². The zero-order valence-electron chi connectivity index (χ0n) is 17.7. The highest BCUT2D eigenvalue weighted by Gasteiger charge is 2.22. The van der Waals surface area contributed by atoms with Crippen molar-refractivity contribution in [2.45, 2.75) is 12.3 Å². The Hall–Kier alpha value is -3.66. The topological polar surface area (TPSA) is 134 Å². The summed E-state index contributed by atoms with van der Waals surface area (Å²) in [5.41, 5.74) is 7.82. The summed E-state index contributed by atoms with van der Waals surface area (Å²) in [5.74, 6) is -0.926. The lowest BCUT2D eigenvalue weighted by Crippen LogP contribution is -2.43. The molecule has 174 valence electrons. The van der Waals surface area contributed by atoms with Gasteiger partial charge >= 0.3 is 5.95 Å². The summed E-state index contributed by atoms with van der Waals surface area (Å²) in [6.45, 7) is 0.314. The number of nitrogens with two attached hydrogens (primary N) is 1. The van der Waals surface area contributed by atoms with Crippen molar-refractivity contribution in [3.05, 3.63) is 92.8 Å². The van der Waals surface area contributed by atoms with Crippen molar-refractivity contribution in [3.8, 4) is 0 Å². The van der Waals surface area contributed by atoms with E-state index in [2.05, 4.69) is 15.7 Å². The minimum atomic E-state index is -0.508. The number of hydrogen-bond donors (Lipinski definition) is 3. The molecule has 1 heterocycles. The minimum Gasteiger partial charge on any atom is -0.739 e. The number of hydrogen-bond acceptors (Lipinski definition) is 6. The van der Waals surface area contributed by atoms with Gasteiger partial charge in [-0.2, -0.15) is 0 Å². The van der Waals surface area contributed by atoms with E-state index >= 15 is 0 Å². The molecule has 3 aromatic carbocycles. The van der Waals surface area contributed by atoms with E-state index in [0.29, 0.717) is 49.5 Å². The molecule has 1 amide bonds. The summed E-state index contributed by atoms with van der Waals surface area (Å²) < 4.78 is 0.550. The van der Waals surface area contributed by atoms with E-state index in [4.69, 9.17) is 28.9 Å². The van der Waals surface area contributed by atoms with Crippen LogP contribution in [0.25, 0.3) is 11.0 Å². The number of fused-ring (bicyclic) bond motifs is 1. The number of halogens is 2. The van der Waals surface area contributed by atoms with Gasteiger partial charge in [0.05, 0.1) is 21.7 Å². The molecule has 0 saturated heterocycles. The van der Waals surface area contributed by atoms with Crippen LogP contribution in [0.15, 0.2) is 66.7 Å². The van der Waals surface area contributed by atoms with Gasteiger partial charge in [0.1, 0.15) is 0 Å². The van der Waals surface area contributed by atoms with E-state index in [1.165, 1.54) is 12.1 Å². The van der Waals surface area contributed by atoms with E-state index in [1.54, 1.807) is 54.6 Å². The summed E-state index contributed by atoms with van der Waals surface area (Å²) in [7, 11) is 0. The molecule has 4 rings (SSSR count). The molecular formula is C23H20Cl2N6O3. The Labute approximate surface area is 204 Å². The van der Waals surface area contributed by atoms with Crippen LogP contribution in [0.5, 0.6) is 0 Å². The van der Waals surface area contributed by atoms with Crippen LogP contribution in [-0.4, -0.2) is 17.6 Å². The summed E-state index contributed by atoms with van der Waals surface area (Å²) in [4.78, 5) is 13.3. The number of para-hydroxylation sites is 2. The second-order valence-electron chi connectivity index (χ2n) is 7.47. The average molecular weight is 499 g/mol. The fourth-order valence-corrected chi connectivity index (χ4v) is 3.81. The number of aromatic nitrogens is 3. The van der Waals surface area contributed by atoms with Gasteiger partial charge in [-0.1, -0.05) is 41.4 Å². The van der Waals surface area contributed by atoms with E-state index in [0.717, 1.165) is 0 Å². The van der Waals surface area contributed by atoms with Crippen LogP contribution in [0, 0.1) is 10.4 Å². The first-order chi connectivity index (χ1) is 16.4. The van der Waals surface area contributed by atoms with Crippen LogP contribution < -0.4 is 25.9 Å². The molecule has 1 aromatic heterocycles. The van der Waals surface area contributed by atoms with Gasteiger partial charge in [0, 0.05) is 16.6 Å². The fourth-order valence-electron chi connectivity index (χ4n) is 3.51. The Morgan fingerprint density at radius 1 is 0.971 bits per heavy atom. The van der Waals surface area contributed by atoms with Crippen LogP contribution in [0.3, 0.4) is 0 Å². The number of anilines is 3. The molecule has 11 heteroatoms. The maximum absolute atomic E-state index is 12.9. The third kappa shape index (κ3) is 4.96. The van der Waals surface area contributed by atoms with Crippen molar-refractivity contribution < 1.29 is 14.4 Å². The zero-order chi connectivity index (χ0) is 24.2. The molecule has 0 saturated carbocycles. The summed E-state index contributed by atoms with van der Waals surface area (Å²) in [6, 6.07) is 18.0. The highest BCUT2D eigenvalue weighted by molar-refractivity contribution is 6.42. The van der Waals surface area contributed by atoms with E-state index < -0.39 is 5.92 Å². The highest BCUT2D eigenvalue weighted by atomic mass is 35.5. The molecule has 4 aromatic rings. The molecule has 0 spiro atoms. The largest absolute Gasteiger partial charge is 0.739 e. The Bertz CT molecular complexity index is 1350. The Balaban J connectivity index is 1.50. The van der Waals surface area contributed by atoms with Gasteiger partial charge in [-0.05, 0) is 61.0 Å². The molecule has 1 atom stereocenters. The lowest BCUT2D eigenvalue weighted by Gasteiger charge is -2.17. The first-order valence-corrected chi connectivity index (χ1v) is 11.1. The summed E-state index contributed by atoms with van der Waals surface area (Å²) in [5, 5.41) is 34.9. The molecule has 0 fully saturated rings. The molecule has 0 bridgehead atoms. The van der Waals surface area contributed by atoms with Gasteiger partial charge in [-0.25, -0.2) is 10.0 Å². The van der Waals surface area contributed by atoms with Gasteiger partial charge in [-0.3, -0.25) is 4.79 Å². The van der Waals surface area contributed by atoms with Crippen molar-refractivity contribution in [1.29, 1.82) is 0 Å². The summed E-state index contributed by atoms with van der Waals surface area (Å²) in [6.07, 6.45) is 0.426. The minimum absolute atomic E-state index is 0.162. The van der Waals surface area contributed by atoms with Gasteiger partial charge in [0.15, 0.2) is 5.52 Å². The van der Waals surface area contributed by atoms with Gasteiger partial charge in [-0.15, -0.1) is 0 Å². The fraction of sp³-hybridized carbons (Fsp3) is 0.130. The summed E-state index contributed by atoms with van der Waals surface area (Å²) >= 11 is 12.1. The van der Waals surface area contributed by atoms with Gasteiger partial charge < -0.3 is 21.5 Å². The van der Waals surface area contributed by atoms with Gasteiger partial charge in [0.2, 0.25) is 11.0 Å². The molecule has 0 aliphatic rings. The molecule has 34 heavy (non-hydrogen) atoms. The third-order valence-electron chi connectivity index (χ3n) is 5.21. The Kier molecular flexibility index (Phi) is 6.97. The van der Waals surface area contributed by atoms with Crippen molar-refractivity contribution >= 4 is 57.5 Å². The number of carbonyl (C=O) groups is 1. The lowest BCUT2D eigenvalue weighted by atomic mass is 9.94. The third-order valence-corrected chi connectivity index (χ3v) is 5.95. The van der Waals surface area contributed by atoms with Crippen LogP contribution in [-0.2, 0) is 4.79 Å². The predicted octanol–water partition coefficient (Wildman–Crippen LogP) is 3.62. The molecule has 1 unspecified atom stereocenters. The smallest absolute Gasteiger partial charge is 0.465 e. The normalized spacial score (nSPS) is 11.9. The first-order valence-electron chi connectivity index (χ1n) is 10.3. The van der Waals surface area contributed by atoms with Crippen LogP contribution in [0.4, 0.5) is 17.3 Å². The lowest BCUT2D eigenvalue weighted by molar-refractivity contribution is -0.672. The van der Waals surface area contributed by atoms with Gasteiger partial charge in [0.25, 0.3) is 5.52 Å². The zero-order valence-corrected chi connectivity index (χ0v) is 19.3. The monoisotopic (exact) mass is 498 g/mol. The second-order valence-corrected chi connectivity index (χ2v) is 8.29. The SMILES string of the molecule is NCCC(C(=O)Nc1ccc(Nc2n[n+]([O-])c3ccccc3[n+]2[O-])cc1)c1ccc(Cl)c(Cl)c1. The Morgan fingerprint density at radius 2 is 1.65 bits per heavy atom. The number of benzene rings is 3. The number of amides is 1. The average Bonchev–Trinajstić information content (AvgIpc) is 2.84. The van der Waals surface area contributed by atoms with Crippen LogP contribution in [0.2, 0.25) is 10.0 Å². The number of nitrogens with one attached hydrogen (secondary N) is 2. The van der Waals surface area contributed by atoms with Crippen molar-refractivity contribution in [2.75, 3.05) is 17.2 Å². The molecule has 4 N–H and O–H groups in total. The Morgan fingerprint density at radius 3 is 2.32 bits per heavy atom. The predicted molar refractivity (Wildman–Crippen MR) is 131 cm³/mol. The molecular weight excluding hydrogens is 479 g/mol. The second kappa shape index (κ2) is 10.1. The number of carbonyl (C=O) groups excluding carboxylic acids is 1. The van der Waals surface area contributed by atoms with Crippen molar-refractivity contribution in [2.24, 2.45) is 5.73 Å². The van der Waals surface area contributed by atoms with E-state index in [1.807, 2.05) is 0 Å². The maximum atomic E-state index is 12.9. The maximum Gasteiger partial charge on any atom is 0.465 e. The first kappa shape index (κ1) is 23.5. The molecule has 0 aliphatic heterocycles. The highest BCUT2D eigenvalue weighted by Crippen LogP contribution is 2.29. The molecule has 0 radical (unpaired) electrons. The molecule has 0 aliphatic carbocycles. The van der Waals surface area contributed by atoms with Crippen molar-refractivity contribution in [3.63, 3.8) is 0 Å².